The molecule has 2 N–H and O–H groups in total. The number of aryl methyl sites for hydroxylation is 1. The third kappa shape index (κ3) is 3.25. The van der Waals surface area contributed by atoms with Crippen molar-refractivity contribution < 1.29 is 8.78 Å². The molecule has 0 unspecified atom stereocenters. The van der Waals surface area contributed by atoms with Crippen LogP contribution in [-0.4, -0.2) is 24.4 Å². The molecule has 4 aromatic rings. The van der Waals surface area contributed by atoms with Gasteiger partial charge in [-0.2, -0.15) is 8.78 Å². The summed E-state index contributed by atoms with van der Waals surface area (Å²) < 4.78 is 29.3. The number of alkyl halides is 2. The van der Waals surface area contributed by atoms with Crippen LogP contribution in [0.1, 0.15) is 17.9 Å². The first-order valence-corrected chi connectivity index (χ1v) is 9.17. The quantitative estimate of drug-likeness (QED) is 0.414. The maximum Gasteiger partial charge on any atom is 0.320 e. The van der Waals surface area contributed by atoms with Gasteiger partial charge in [-0.25, -0.2) is 9.66 Å². The molecule has 0 saturated carbocycles. The van der Waals surface area contributed by atoms with Crippen molar-refractivity contribution >= 4 is 22.8 Å². The molecule has 0 spiro atoms. The van der Waals surface area contributed by atoms with Gasteiger partial charge in [-0.15, -0.1) is 10.2 Å². The summed E-state index contributed by atoms with van der Waals surface area (Å²) in [6.07, 6.45) is 0. The first kappa shape index (κ1) is 17.5. The van der Waals surface area contributed by atoms with E-state index in [0.29, 0.717) is 22.0 Å². The summed E-state index contributed by atoms with van der Waals surface area (Å²) in [4.78, 5) is 4.32. The third-order valence-corrected chi connectivity index (χ3v) is 5.11. The van der Waals surface area contributed by atoms with Crippen molar-refractivity contribution in [2.24, 2.45) is 0 Å². The molecule has 4 rings (SSSR count). The van der Waals surface area contributed by atoms with Crippen molar-refractivity contribution in [2.45, 2.75) is 24.4 Å². The van der Waals surface area contributed by atoms with E-state index < -0.39 is 6.55 Å². The number of aromatic nitrogens is 5. The van der Waals surface area contributed by atoms with Crippen LogP contribution < -0.4 is 5.84 Å². The molecule has 0 aliphatic heterocycles. The molecule has 9 heteroatoms. The Hall–Kier alpha value is -2.94. The second kappa shape index (κ2) is 6.99. The van der Waals surface area contributed by atoms with E-state index in [-0.39, 0.29) is 11.6 Å². The molecule has 0 radical (unpaired) electrons. The smallest absolute Gasteiger partial charge is 0.320 e. The number of para-hydroxylation sites is 2. The van der Waals surface area contributed by atoms with E-state index in [2.05, 4.69) is 15.2 Å². The van der Waals surface area contributed by atoms with Crippen molar-refractivity contribution in [1.29, 1.82) is 0 Å². The number of halogens is 2. The number of nitrogen functional groups attached to an aromatic ring is 1. The average Bonchev–Trinajstić information content (AvgIpc) is 3.21. The Balaban J connectivity index is 1.60. The molecule has 2 aromatic carbocycles. The highest BCUT2D eigenvalue weighted by Crippen LogP contribution is 2.28. The van der Waals surface area contributed by atoms with Crippen LogP contribution in [-0.2, 0) is 5.75 Å². The van der Waals surface area contributed by atoms with Crippen LogP contribution in [0.15, 0.2) is 53.7 Å². The number of nitrogens with zero attached hydrogens (tertiary/aromatic N) is 5. The first-order chi connectivity index (χ1) is 13.0. The van der Waals surface area contributed by atoms with Gasteiger partial charge in [0.15, 0.2) is 5.82 Å². The summed E-state index contributed by atoms with van der Waals surface area (Å²) in [6.45, 7) is -0.681. The second-order valence-electron chi connectivity index (χ2n) is 6.00. The lowest BCUT2D eigenvalue weighted by atomic mass is 10.1. The molecule has 2 aromatic heterocycles. The van der Waals surface area contributed by atoms with Gasteiger partial charge in [-0.3, -0.25) is 4.57 Å². The number of fused-ring (bicyclic) bond motifs is 1. The van der Waals surface area contributed by atoms with Crippen LogP contribution >= 0.6 is 11.8 Å². The predicted molar refractivity (Wildman–Crippen MR) is 101 cm³/mol. The highest BCUT2D eigenvalue weighted by molar-refractivity contribution is 7.98. The summed E-state index contributed by atoms with van der Waals surface area (Å²) in [5.74, 6) is 7.08. The van der Waals surface area contributed by atoms with E-state index in [9.17, 15) is 8.78 Å². The molecule has 0 atom stereocenters. The maximum atomic E-state index is 13.5. The average molecular weight is 386 g/mol. The zero-order valence-electron chi connectivity index (χ0n) is 14.4. The minimum absolute atomic E-state index is 0.197. The Bertz CT molecular complexity index is 1090. The molecule has 0 saturated heterocycles. The van der Waals surface area contributed by atoms with Gasteiger partial charge in [0.05, 0.1) is 16.8 Å². The summed E-state index contributed by atoms with van der Waals surface area (Å²) in [6, 6.07) is 14.6. The van der Waals surface area contributed by atoms with Gasteiger partial charge in [-0.05, 0) is 19.1 Å². The van der Waals surface area contributed by atoms with Gasteiger partial charge in [0.1, 0.15) is 5.82 Å². The number of hydrogen-bond acceptors (Lipinski definition) is 5. The lowest BCUT2D eigenvalue weighted by Gasteiger charge is -2.07. The van der Waals surface area contributed by atoms with Crippen LogP contribution in [0.2, 0.25) is 0 Å². The molecule has 0 amide bonds. The number of imidazole rings is 1. The maximum absolute atomic E-state index is 13.5. The topological polar surface area (TPSA) is 74.5 Å². The van der Waals surface area contributed by atoms with Crippen molar-refractivity contribution in [3.8, 4) is 11.4 Å². The second-order valence-corrected chi connectivity index (χ2v) is 6.94. The van der Waals surface area contributed by atoms with Crippen molar-refractivity contribution in [2.75, 3.05) is 5.84 Å². The molecule has 0 aliphatic rings. The Morgan fingerprint density at radius 3 is 2.56 bits per heavy atom. The van der Waals surface area contributed by atoms with Gasteiger partial charge in [-0.1, -0.05) is 53.7 Å². The van der Waals surface area contributed by atoms with Gasteiger partial charge in [0.25, 0.3) is 0 Å². The molecular formula is C18H16F2N6S. The summed E-state index contributed by atoms with van der Waals surface area (Å²) in [5.41, 5.74) is 2.89. The van der Waals surface area contributed by atoms with Crippen molar-refractivity contribution in [3.05, 3.63) is 59.9 Å². The number of rotatable bonds is 5. The summed E-state index contributed by atoms with van der Waals surface area (Å²) in [7, 11) is 0. The van der Waals surface area contributed by atoms with Crippen LogP contribution in [0.5, 0.6) is 0 Å². The SMILES string of the molecule is Cc1ccc(-c2nnc(SCc3nc4ccccc4n3C(F)F)n2N)cc1. The van der Waals surface area contributed by atoms with E-state index in [1.54, 1.807) is 24.3 Å². The van der Waals surface area contributed by atoms with Gasteiger partial charge in [0.2, 0.25) is 5.16 Å². The van der Waals surface area contributed by atoms with Gasteiger partial charge >= 0.3 is 6.55 Å². The molecule has 138 valence electrons. The van der Waals surface area contributed by atoms with Crippen LogP contribution in [0.3, 0.4) is 0 Å². The van der Waals surface area contributed by atoms with Crippen LogP contribution in [0.25, 0.3) is 22.4 Å². The number of hydrogen-bond donors (Lipinski definition) is 1. The highest BCUT2D eigenvalue weighted by Gasteiger charge is 2.19. The Morgan fingerprint density at radius 1 is 1.07 bits per heavy atom. The molecule has 0 bridgehead atoms. The largest absolute Gasteiger partial charge is 0.335 e. The minimum atomic E-state index is -2.67. The van der Waals surface area contributed by atoms with E-state index >= 15 is 0 Å². The summed E-state index contributed by atoms with van der Waals surface area (Å²) >= 11 is 1.21. The fourth-order valence-electron chi connectivity index (χ4n) is 2.82. The molecule has 0 fully saturated rings. The van der Waals surface area contributed by atoms with Gasteiger partial charge < -0.3 is 5.84 Å². The summed E-state index contributed by atoms with van der Waals surface area (Å²) in [5, 5.41) is 8.63. The zero-order chi connectivity index (χ0) is 19.0. The third-order valence-electron chi connectivity index (χ3n) is 4.17. The molecule has 2 heterocycles. The first-order valence-electron chi connectivity index (χ1n) is 8.19. The Labute approximate surface area is 158 Å². The fraction of sp³-hybridized carbons (Fsp3) is 0.167. The van der Waals surface area contributed by atoms with E-state index in [1.165, 1.54) is 16.4 Å². The number of nitrogens with two attached hydrogens (primary N) is 1. The normalized spacial score (nSPS) is 11.6. The zero-order valence-corrected chi connectivity index (χ0v) is 15.2. The Kier molecular flexibility index (Phi) is 4.53. The molecule has 27 heavy (non-hydrogen) atoms. The van der Waals surface area contributed by atoms with E-state index in [4.69, 9.17) is 5.84 Å². The molecule has 6 nitrogen and oxygen atoms in total. The van der Waals surface area contributed by atoms with Crippen molar-refractivity contribution in [1.82, 2.24) is 24.4 Å². The Morgan fingerprint density at radius 2 is 1.81 bits per heavy atom. The minimum Gasteiger partial charge on any atom is -0.335 e. The molecular weight excluding hydrogens is 370 g/mol. The van der Waals surface area contributed by atoms with Crippen LogP contribution in [0, 0.1) is 6.92 Å². The van der Waals surface area contributed by atoms with Crippen LogP contribution in [0.4, 0.5) is 8.78 Å². The van der Waals surface area contributed by atoms with Gasteiger partial charge in [0, 0.05) is 5.56 Å². The monoisotopic (exact) mass is 386 g/mol. The lowest BCUT2D eigenvalue weighted by molar-refractivity contribution is 0.0722. The lowest BCUT2D eigenvalue weighted by Crippen LogP contribution is -2.12. The predicted octanol–water partition coefficient (Wildman–Crippen LogP) is 4.00. The fourth-order valence-corrected chi connectivity index (χ4v) is 3.60. The molecule has 0 aliphatic carbocycles. The standard InChI is InChI=1S/C18H16F2N6S/c1-11-6-8-12(9-7-11)16-23-24-18(26(16)21)27-10-15-22-13-4-2-3-5-14(13)25(15)17(19)20/h2-9,17H,10,21H2,1H3. The van der Waals surface area contributed by atoms with E-state index in [1.807, 2.05) is 31.2 Å². The number of benzene rings is 2. The van der Waals surface area contributed by atoms with E-state index in [0.717, 1.165) is 15.7 Å². The van der Waals surface area contributed by atoms with Crippen molar-refractivity contribution in [3.63, 3.8) is 0 Å². The number of thioether (sulfide) groups is 1. The highest BCUT2D eigenvalue weighted by atomic mass is 32.2.